The minimum Gasteiger partial charge on any atom is -0.496 e. The molecule has 0 radical (unpaired) electrons. The molecule has 11 nitrogen and oxygen atoms in total. The number of amides is 1. The van der Waals surface area contributed by atoms with E-state index in [-0.39, 0.29) is 11.3 Å². The van der Waals surface area contributed by atoms with E-state index in [1.807, 2.05) is 49.9 Å². The van der Waals surface area contributed by atoms with Crippen molar-refractivity contribution in [3.8, 4) is 28.8 Å². The summed E-state index contributed by atoms with van der Waals surface area (Å²) in [5, 5.41) is 20.1. The van der Waals surface area contributed by atoms with Crippen molar-refractivity contribution in [2.45, 2.75) is 26.7 Å². The number of fused-ring (bicyclic) bond motifs is 1. The number of hydrogen-bond acceptors (Lipinski definition) is 8. The number of para-hydroxylation sites is 1. The summed E-state index contributed by atoms with van der Waals surface area (Å²) >= 11 is 0. The van der Waals surface area contributed by atoms with E-state index >= 15 is 0 Å². The van der Waals surface area contributed by atoms with Crippen LogP contribution in [-0.4, -0.2) is 68.9 Å². The fourth-order valence-electron chi connectivity index (χ4n) is 6.00. The van der Waals surface area contributed by atoms with E-state index in [1.54, 1.807) is 25.4 Å². The van der Waals surface area contributed by atoms with Crippen molar-refractivity contribution in [3.05, 3.63) is 69.9 Å². The zero-order chi connectivity index (χ0) is 29.1. The molecule has 2 fully saturated rings. The predicted octanol–water partition coefficient (Wildman–Crippen LogP) is 3.95. The Morgan fingerprint density at radius 3 is 2.54 bits per heavy atom. The molecule has 0 atom stereocenters. The summed E-state index contributed by atoms with van der Waals surface area (Å²) in [6, 6.07) is 13.2. The highest BCUT2D eigenvalue weighted by molar-refractivity contribution is 5.93. The number of pyridine rings is 2. The second kappa shape index (κ2) is 9.59. The largest absolute Gasteiger partial charge is 0.496 e. The molecule has 5 heterocycles. The summed E-state index contributed by atoms with van der Waals surface area (Å²) in [5.74, 6) is 1.01. The molecule has 2 aliphatic rings. The zero-order valence-electron chi connectivity index (χ0n) is 23.2. The van der Waals surface area contributed by atoms with Gasteiger partial charge in [0, 0.05) is 43.4 Å². The van der Waals surface area contributed by atoms with Crippen LogP contribution < -0.4 is 15.3 Å². The van der Waals surface area contributed by atoms with Gasteiger partial charge >= 0.3 is 11.8 Å². The van der Waals surface area contributed by atoms with Gasteiger partial charge in [-0.1, -0.05) is 26.0 Å². The van der Waals surface area contributed by atoms with E-state index in [0.29, 0.717) is 71.3 Å². The first-order valence-electron chi connectivity index (χ1n) is 13.4. The van der Waals surface area contributed by atoms with Gasteiger partial charge in [-0.05, 0) is 42.7 Å². The van der Waals surface area contributed by atoms with Crippen LogP contribution in [-0.2, 0) is 0 Å². The molecule has 1 aromatic carbocycles. The Balaban J connectivity index is 1.60. The van der Waals surface area contributed by atoms with Crippen molar-refractivity contribution in [1.82, 2.24) is 24.4 Å². The number of likely N-dealkylation sites (tertiary alicyclic amines) is 1. The summed E-state index contributed by atoms with van der Waals surface area (Å²) < 4.78 is 7.08. The molecule has 208 valence electrons. The number of aromatic nitrogens is 4. The third-order valence-corrected chi connectivity index (χ3v) is 7.93. The lowest BCUT2D eigenvalue weighted by atomic mass is 9.73. The van der Waals surface area contributed by atoms with E-state index in [4.69, 9.17) is 9.72 Å². The number of carboxylic acid groups (broad SMARTS) is 1. The molecule has 1 amide bonds. The highest BCUT2D eigenvalue weighted by atomic mass is 16.5. The fourth-order valence-corrected chi connectivity index (χ4v) is 6.00. The standard InChI is InChI=1S/C30H29N7O4/c1-17(2)23-25(18(3)9-10-32-23)37-27-21(11-19(12-31)24(33-27)20-7-5-6-8-22(20)41-4)26(34-28(37)38)35-13-30(14-35)15-36(16-30)29(39)40/h5-11,17H,13-16H2,1-4H3,(H,39,40). The van der Waals surface area contributed by atoms with Crippen molar-refractivity contribution in [3.63, 3.8) is 0 Å². The van der Waals surface area contributed by atoms with Crippen molar-refractivity contribution < 1.29 is 14.6 Å². The fraction of sp³-hybridized carbons (Fsp3) is 0.333. The topological polar surface area (TPSA) is 137 Å². The Morgan fingerprint density at radius 2 is 1.88 bits per heavy atom. The molecule has 0 saturated carbocycles. The van der Waals surface area contributed by atoms with Crippen LogP contribution in [0.4, 0.5) is 10.6 Å². The quantitative estimate of drug-likeness (QED) is 0.391. The highest BCUT2D eigenvalue weighted by Crippen LogP contribution is 2.43. The van der Waals surface area contributed by atoms with Gasteiger partial charge in [0.25, 0.3) is 0 Å². The normalized spacial score (nSPS) is 15.5. The molecule has 11 heteroatoms. The van der Waals surface area contributed by atoms with E-state index in [2.05, 4.69) is 16.0 Å². The molecule has 0 bridgehead atoms. The molecule has 2 aliphatic heterocycles. The minimum atomic E-state index is -0.931. The molecule has 6 rings (SSSR count). The average molecular weight is 552 g/mol. The Bertz CT molecular complexity index is 1810. The lowest BCUT2D eigenvalue weighted by molar-refractivity contribution is -0.00964. The molecule has 1 spiro atoms. The lowest BCUT2D eigenvalue weighted by Gasteiger charge is -2.59. The molecular weight excluding hydrogens is 522 g/mol. The van der Waals surface area contributed by atoms with E-state index in [0.717, 1.165) is 11.3 Å². The van der Waals surface area contributed by atoms with Crippen molar-refractivity contribution in [1.29, 1.82) is 5.26 Å². The van der Waals surface area contributed by atoms with Gasteiger partial charge in [-0.25, -0.2) is 19.1 Å². The summed E-state index contributed by atoms with van der Waals surface area (Å²) in [6.45, 7) is 7.95. The molecule has 4 aromatic rings. The van der Waals surface area contributed by atoms with E-state index in [9.17, 15) is 20.0 Å². The maximum atomic E-state index is 13.9. The second-order valence-electron chi connectivity index (χ2n) is 11.1. The first-order chi connectivity index (χ1) is 19.7. The van der Waals surface area contributed by atoms with Crippen molar-refractivity contribution in [2.24, 2.45) is 5.41 Å². The Labute approximate surface area is 236 Å². The number of hydrogen-bond donors (Lipinski definition) is 1. The maximum Gasteiger partial charge on any atom is 0.407 e. The number of aryl methyl sites for hydroxylation is 1. The van der Waals surface area contributed by atoms with E-state index in [1.165, 1.54) is 9.47 Å². The first kappa shape index (κ1) is 26.3. The lowest BCUT2D eigenvalue weighted by Crippen LogP contribution is -2.73. The second-order valence-corrected chi connectivity index (χ2v) is 11.1. The van der Waals surface area contributed by atoms with Crippen LogP contribution >= 0.6 is 0 Å². The van der Waals surface area contributed by atoms with Crippen LogP contribution in [0.25, 0.3) is 28.0 Å². The SMILES string of the molecule is COc1ccccc1-c1nc2c(cc1C#N)c(N1CC3(CN(C(=O)O)C3)C1)nc(=O)n2-c1c(C)ccnc1C(C)C. The van der Waals surface area contributed by atoms with Crippen LogP contribution in [0.2, 0.25) is 0 Å². The van der Waals surface area contributed by atoms with Crippen LogP contribution in [0, 0.1) is 23.7 Å². The van der Waals surface area contributed by atoms with Crippen LogP contribution in [0.3, 0.4) is 0 Å². The monoisotopic (exact) mass is 551 g/mol. The molecule has 1 N–H and O–H groups in total. The van der Waals surface area contributed by atoms with Gasteiger partial charge in [-0.2, -0.15) is 10.2 Å². The van der Waals surface area contributed by atoms with Gasteiger partial charge in [0.15, 0.2) is 5.65 Å². The number of carbonyl (C=O) groups is 1. The number of benzene rings is 1. The summed E-state index contributed by atoms with van der Waals surface area (Å²) in [4.78, 5) is 42.7. The Morgan fingerprint density at radius 1 is 1.15 bits per heavy atom. The van der Waals surface area contributed by atoms with Crippen LogP contribution in [0.1, 0.15) is 36.6 Å². The third kappa shape index (κ3) is 4.14. The molecule has 0 unspecified atom stereocenters. The van der Waals surface area contributed by atoms with Gasteiger partial charge in [0.1, 0.15) is 17.6 Å². The Kier molecular flexibility index (Phi) is 6.14. The molecular formula is C30H29N7O4. The molecule has 3 aromatic heterocycles. The number of anilines is 1. The predicted molar refractivity (Wildman–Crippen MR) is 153 cm³/mol. The van der Waals surface area contributed by atoms with E-state index < -0.39 is 11.8 Å². The molecule has 41 heavy (non-hydrogen) atoms. The third-order valence-electron chi connectivity index (χ3n) is 7.93. The smallest absolute Gasteiger partial charge is 0.407 e. The minimum absolute atomic E-state index is 0.0182. The average Bonchev–Trinajstić information content (AvgIpc) is 2.91. The zero-order valence-corrected chi connectivity index (χ0v) is 23.2. The van der Waals surface area contributed by atoms with Crippen molar-refractivity contribution in [2.75, 3.05) is 38.2 Å². The number of rotatable bonds is 5. The number of methoxy groups -OCH3 is 1. The van der Waals surface area contributed by atoms with Gasteiger partial charge in [-0.15, -0.1) is 0 Å². The maximum absolute atomic E-state index is 13.9. The first-order valence-corrected chi connectivity index (χ1v) is 13.4. The molecule has 0 aliphatic carbocycles. The summed E-state index contributed by atoms with van der Waals surface area (Å²) in [7, 11) is 1.56. The van der Waals surface area contributed by atoms with Gasteiger partial charge < -0.3 is 19.6 Å². The summed E-state index contributed by atoms with van der Waals surface area (Å²) in [5.41, 5.74) is 3.24. The number of ether oxygens (including phenoxy) is 1. The Hall–Kier alpha value is -4.98. The van der Waals surface area contributed by atoms with Gasteiger partial charge in [-0.3, -0.25) is 4.98 Å². The van der Waals surface area contributed by atoms with Crippen LogP contribution in [0.15, 0.2) is 47.4 Å². The summed E-state index contributed by atoms with van der Waals surface area (Å²) in [6.07, 6.45) is 0.795. The van der Waals surface area contributed by atoms with Gasteiger partial charge in [0.2, 0.25) is 0 Å². The van der Waals surface area contributed by atoms with Crippen LogP contribution in [0.5, 0.6) is 5.75 Å². The highest BCUT2D eigenvalue weighted by Gasteiger charge is 2.54. The number of nitrogens with zero attached hydrogens (tertiary/aromatic N) is 7. The number of nitriles is 1. The van der Waals surface area contributed by atoms with Gasteiger partial charge in [0.05, 0.1) is 35.1 Å². The molecule has 2 saturated heterocycles. The van der Waals surface area contributed by atoms with Crippen molar-refractivity contribution >= 4 is 22.9 Å².